The highest BCUT2D eigenvalue weighted by Gasteiger charge is 2.41. The van der Waals surface area contributed by atoms with Crippen LogP contribution in [0.15, 0.2) is 28.8 Å². The standard InChI is InChI=1S/C19H24N4O4/c1-5-15-20-14(21-27-15)10-22(3)19(25)18-17(23(4)16(24)11-26-18)13-9-7-6-8-12(13)2/h6-9,17-18H,5,10-11H2,1-4H3/t17-,18+/m1/s1. The number of carbonyl (C=O) groups excluding carboxylic acids is 2. The van der Waals surface area contributed by atoms with Gasteiger partial charge in [0.1, 0.15) is 6.61 Å². The molecule has 1 fully saturated rings. The smallest absolute Gasteiger partial charge is 0.254 e. The second-order valence-corrected chi connectivity index (χ2v) is 6.69. The van der Waals surface area contributed by atoms with Crippen LogP contribution in [0.5, 0.6) is 0 Å². The third-order valence-electron chi connectivity index (χ3n) is 4.80. The number of likely N-dealkylation sites (N-methyl/N-ethyl adjacent to an activating group) is 2. The summed E-state index contributed by atoms with van der Waals surface area (Å²) in [5, 5.41) is 3.89. The van der Waals surface area contributed by atoms with Crippen molar-refractivity contribution in [2.75, 3.05) is 20.7 Å². The number of amides is 2. The summed E-state index contributed by atoms with van der Waals surface area (Å²) in [5.74, 6) is 0.587. The maximum absolute atomic E-state index is 13.1. The summed E-state index contributed by atoms with van der Waals surface area (Å²) in [6.45, 7) is 3.96. The molecule has 0 radical (unpaired) electrons. The molecule has 0 aliphatic carbocycles. The zero-order chi connectivity index (χ0) is 19.6. The fourth-order valence-electron chi connectivity index (χ4n) is 3.21. The predicted molar refractivity (Wildman–Crippen MR) is 96.6 cm³/mol. The van der Waals surface area contributed by atoms with Gasteiger partial charge in [-0.15, -0.1) is 0 Å². The molecule has 0 bridgehead atoms. The van der Waals surface area contributed by atoms with Crippen molar-refractivity contribution in [2.24, 2.45) is 0 Å². The van der Waals surface area contributed by atoms with E-state index in [1.807, 2.05) is 38.1 Å². The zero-order valence-corrected chi connectivity index (χ0v) is 16.0. The molecule has 0 unspecified atom stereocenters. The topological polar surface area (TPSA) is 88.8 Å². The van der Waals surface area contributed by atoms with Gasteiger partial charge in [0.15, 0.2) is 11.9 Å². The molecular formula is C19H24N4O4. The molecule has 1 aliphatic rings. The average Bonchev–Trinajstić information content (AvgIpc) is 3.11. The van der Waals surface area contributed by atoms with Crippen molar-refractivity contribution in [3.05, 3.63) is 47.1 Å². The van der Waals surface area contributed by atoms with Crippen LogP contribution in [0.25, 0.3) is 0 Å². The fraction of sp³-hybridized carbons (Fsp3) is 0.474. The van der Waals surface area contributed by atoms with Crippen LogP contribution < -0.4 is 0 Å². The SMILES string of the molecule is CCc1nc(CN(C)C(=O)[C@H]2OCC(=O)N(C)[C@@H]2c2ccccc2C)no1. The lowest BCUT2D eigenvalue weighted by Crippen LogP contribution is -2.53. The lowest BCUT2D eigenvalue weighted by molar-refractivity contribution is -0.167. The van der Waals surface area contributed by atoms with Crippen molar-refractivity contribution in [2.45, 2.75) is 39.0 Å². The van der Waals surface area contributed by atoms with Crippen LogP contribution >= 0.6 is 0 Å². The Morgan fingerprint density at radius 3 is 2.78 bits per heavy atom. The van der Waals surface area contributed by atoms with Gasteiger partial charge in [0.25, 0.3) is 5.91 Å². The first kappa shape index (κ1) is 19.0. The maximum atomic E-state index is 13.1. The van der Waals surface area contributed by atoms with E-state index < -0.39 is 12.1 Å². The summed E-state index contributed by atoms with van der Waals surface area (Å²) >= 11 is 0. The van der Waals surface area contributed by atoms with Gasteiger partial charge < -0.3 is 19.1 Å². The highest BCUT2D eigenvalue weighted by Crippen LogP contribution is 2.32. The Morgan fingerprint density at radius 2 is 2.11 bits per heavy atom. The van der Waals surface area contributed by atoms with Gasteiger partial charge in [-0.3, -0.25) is 9.59 Å². The quantitative estimate of drug-likeness (QED) is 0.790. The predicted octanol–water partition coefficient (Wildman–Crippen LogP) is 1.50. The number of aryl methyl sites for hydroxylation is 2. The number of morpholine rings is 1. The molecule has 3 rings (SSSR count). The summed E-state index contributed by atoms with van der Waals surface area (Å²) < 4.78 is 10.8. The van der Waals surface area contributed by atoms with Gasteiger partial charge in [0.05, 0.1) is 12.6 Å². The third kappa shape index (κ3) is 3.85. The van der Waals surface area contributed by atoms with Crippen molar-refractivity contribution in [1.82, 2.24) is 19.9 Å². The minimum atomic E-state index is -0.795. The van der Waals surface area contributed by atoms with E-state index in [0.717, 1.165) is 11.1 Å². The molecule has 0 N–H and O–H groups in total. The van der Waals surface area contributed by atoms with Gasteiger partial charge in [-0.25, -0.2) is 0 Å². The van der Waals surface area contributed by atoms with Gasteiger partial charge in [0, 0.05) is 20.5 Å². The molecule has 8 nitrogen and oxygen atoms in total. The molecule has 27 heavy (non-hydrogen) atoms. The molecule has 2 atom stereocenters. The highest BCUT2D eigenvalue weighted by molar-refractivity contribution is 5.86. The molecule has 2 heterocycles. The number of hydrogen-bond donors (Lipinski definition) is 0. The Balaban J connectivity index is 1.84. The number of carbonyl (C=O) groups is 2. The van der Waals surface area contributed by atoms with E-state index in [-0.39, 0.29) is 25.0 Å². The van der Waals surface area contributed by atoms with Crippen LogP contribution in [0.3, 0.4) is 0 Å². The van der Waals surface area contributed by atoms with E-state index in [1.165, 1.54) is 4.90 Å². The van der Waals surface area contributed by atoms with Crippen LogP contribution in [0.1, 0.15) is 35.8 Å². The lowest BCUT2D eigenvalue weighted by atomic mass is 9.93. The monoisotopic (exact) mass is 372 g/mol. The fourth-order valence-corrected chi connectivity index (χ4v) is 3.21. The molecule has 0 saturated carbocycles. The first-order chi connectivity index (χ1) is 12.9. The molecule has 1 aromatic carbocycles. The summed E-state index contributed by atoms with van der Waals surface area (Å²) in [4.78, 5) is 32.6. The molecular weight excluding hydrogens is 348 g/mol. The van der Waals surface area contributed by atoms with Gasteiger partial charge in [0.2, 0.25) is 11.8 Å². The van der Waals surface area contributed by atoms with E-state index in [0.29, 0.717) is 18.1 Å². The van der Waals surface area contributed by atoms with Crippen molar-refractivity contribution >= 4 is 11.8 Å². The first-order valence-corrected chi connectivity index (χ1v) is 8.91. The molecule has 1 aromatic heterocycles. The number of hydrogen-bond acceptors (Lipinski definition) is 6. The minimum absolute atomic E-state index is 0.120. The van der Waals surface area contributed by atoms with Crippen molar-refractivity contribution in [3.63, 3.8) is 0 Å². The Morgan fingerprint density at radius 1 is 1.37 bits per heavy atom. The van der Waals surface area contributed by atoms with E-state index in [2.05, 4.69) is 10.1 Å². The third-order valence-corrected chi connectivity index (χ3v) is 4.80. The normalized spacial score (nSPS) is 20.0. The molecule has 2 amide bonds. The largest absolute Gasteiger partial charge is 0.356 e. The summed E-state index contributed by atoms with van der Waals surface area (Å²) in [6, 6.07) is 7.21. The van der Waals surface area contributed by atoms with Gasteiger partial charge >= 0.3 is 0 Å². The average molecular weight is 372 g/mol. The molecule has 2 aromatic rings. The number of aromatic nitrogens is 2. The Labute approximate surface area is 158 Å². The van der Waals surface area contributed by atoms with Gasteiger partial charge in [-0.05, 0) is 18.1 Å². The zero-order valence-electron chi connectivity index (χ0n) is 16.0. The maximum Gasteiger partial charge on any atom is 0.254 e. The van der Waals surface area contributed by atoms with E-state index in [4.69, 9.17) is 9.26 Å². The molecule has 1 aliphatic heterocycles. The number of benzene rings is 1. The first-order valence-electron chi connectivity index (χ1n) is 8.91. The van der Waals surface area contributed by atoms with Crippen LogP contribution in [0, 0.1) is 6.92 Å². The van der Waals surface area contributed by atoms with Crippen molar-refractivity contribution in [3.8, 4) is 0 Å². The summed E-state index contributed by atoms with van der Waals surface area (Å²) in [7, 11) is 3.37. The Bertz CT molecular complexity index is 835. The highest BCUT2D eigenvalue weighted by atomic mass is 16.5. The number of nitrogens with zero attached hydrogens (tertiary/aromatic N) is 4. The van der Waals surface area contributed by atoms with E-state index in [1.54, 1.807) is 19.0 Å². The molecule has 8 heteroatoms. The minimum Gasteiger partial charge on any atom is -0.356 e. The van der Waals surface area contributed by atoms with Crippen LogP contribution in [0.4, 0.5) is 0 Å². The Hall–Kier alpha value is -2.74. The summed E-state index contributed by atoms with van der Waals surface area (Å²) in [5.41, 5.74) is 1.89. The number of ether oxygens (including phenoxy) is 1. The molecule has 0 spiro atoms. The second-order valence-electron chi connectivity index (χ2n) is 6.69. The van der Waals surface area contributed by atoms with Crippen LogP contribution in [-0.4, -0.2) is 58.6 Å². The van der Waals surface area contributed by atoms with Crippen molar-refractivity contribution < 1.29 is 18.8 Å². The number of rotatable bonds is 5. The molecule has 1 saturated heterocycles. The van der Waals surface area contributed by atoms with Gasteiger partial charge in [-0.2, -0.15) is 4.98 Å². The molecule has 144 valence electrons. The lowest BCUT2D eigenvalue weighted by Gasteiger charge is -2.40. The second kappa shape index (κ2) is 7.87. The van der Waals surface area contributed by atoms with Crippen LogP contribution in [-0.2, 0) is 27.3 Å². The van der Waals surface area contributed by atoms with Gasteiger partial charge in [-0.1, -0.05) is 36.3 Å². The van der Waals surface area contributed by atoms with E-state index in [9.17, 15) is 9.59 Å². The summed E-state index contributed by atoms with van der Waals surface area (Å²) in [6.07, 6.45) is -0.157. The van der Waals surface area contributed by atoms with E-state index >= 15 is 0 Å². The van der Waals surface area contributed by atoms with Crippen molar-refractivity contribution in [1.29, 1.82) is 0 Å². The Kier molecular flexibility index (Phi) is 5.55. The van der Waals surface area contributed by atoms with Crippen LogP contribution in [0.2, 0.25) is 0 Å².